The molecule has 4 nitrogen and oxygen atoms in total. The Morgan fingerprint density at radius 3 is 3.12 bits per heavy atom. The van der Waals surface area contributed by atoms with E-state index in [9.17, 15) is 0 Å². The maximum absolute atomic E-state index is 4.64. The lowest BCUT2D eigenvalue weighted by Gasteiger charge is -2.15. The molecule has 1 atom stereocenters. The summed E-state index contributed by atoms with van der Waals surface area (Å²) in [4.78, 5) is 8.04. The van der Waals surface area contributed by atoms with Crippen molar-refractivity contribution in [2.24, 2.45) is 13.0 Å². The molecule has 0 fully saturated rings. The third-order valence-electron chi connectivity index (χ3n) is 3.25. The van der Waals surface area contributed by atoms with Gasteiger partial charge in [-0.1, -0.05) is 6.92 Å². The minimum atomic E-state index is 0.768. The van der Waals surface area contributed by atoms with Crippen LogP contribution in [-0.2, 0) is 19.9 Å². The average Bonchev–Trinajstić information content (AvgIpc) is 2.83. The summed E-state index contributed by atoms with van der Waals surface area (Å²) >= 11 is 0. The Hall–Kier alpha value is -1.58. The average molecular weight is 216 g/mol. The van der Waals surface area contributed by atoms with E-state index in [2.05, 4.69) is 22.0 Å². The fraction of sp³-hybridized carbons (Fsp3) is 0.500. The van der Waals surface area contributed by atoms with E-state index in [-0.39, 0.29) is 0 Å². The van der Waals surface area contributed by atoms with Crippen molar-refractivity contribution < 1.29 is 0 Å². The van der Waals surface area contributed by atoms with E-state index < -0.39 is 0 Å². The first-order chi connectivity index (χ1) is 7.72. The van der Waals surface area contributed by atoms with Gasteiger partial charge in [-0.15, -0.1) is 0 Å². The summed E-state index contributed by atoms with van der Waals surface area (Å²) in [5.74, 6) is 1.68. The summed E-state index contributed by atoms with van der Waals surface area (Å²) in [5.41, 5.74) is 3.47. The van der Waals surface area contributed by atoms with Gasteiger partial charge >= 0.3 is 0 Å². The van der Waals surface area contributed by atoms with Crippen LogP contribution in [0.4, 0.5) is 0 Å². The van der Waals surface area contributed by atoms with Crippen molar-refractivity contribution >= 4 is 0 Å². The highest BCUT2D eigenvalue weighted by molar-refractivity contribution is 5.50. The third kappa shape index (κ3) is 1.54. The van der Waals surface area contributed by atoms with E-state index in [4.69, 9.17) is 0 Å². The molecule has 0 radical (unpaired) electrons. The number of rotatable bonds is 1. The van der Waals surface area contributed by atoms with Crippen LogP contribution in [0.2, 0.25) is 0 Å². The SMILES string of the molecule is CC1CCc2nc(-c3ccn(C)n3)[nH]c2C1. The van der Waals surface area contributed by atoms with Gasteiger partial charge in [0.15, 0.2) is 5.82 Å². The molecule has 1 N–H and O–H groups in total. The first-order valence-corrected chi connectivity index (χ1v) is 5.80. The summed E-state index contributed by atoms with van der Waals surface area (Å²) in [5, 5.41) is 4.37. The van der Waals surface area contributed by atoms with E-state index in [1.807, 2.05) is 19.3 Å². The van der Waals surface area contributed by atoms with Crippen LogP contribution >= 0.6 is 0 Å². The van der Waals surface area contributed by atoms with E-state index in [1.165, 1.54) is 17.8 Å². The fourth-order valence-electron chi connectivity index (χ4n) is 2.32. The molecule has 0 saturated heterocycles. The molecule has 3 rings (SSSR count). The molecule has 1 aliphatic rings. The molecule has 4 heteroatoms. The van der Waals surface area contributed by atoms with Crippen molar-refractivity contribution in [3.8, 4) is 11.5 Å². The van der Waals surface area contributed by atoms with Crippen LogP contribution in [0.5, 0.6) is 0 Å². The van der Waals surface area contributed by atoms with Crippen LogP contribution in [0, 0.1) is 5.92 Å². The second kappa shape index (κ2) is 3.47. The number of hydrogen-bond acceptors (Lipinski definition) is 2. The number of imidazole rings is 1. The highest BCUT2D eigenvalue weighted by Crippen LogP contribution is 2.25. The Morgan fingerprint density at radius 1 is 1.50 bits per heavy atom. The molecular weight excluding hydrogens is 200 g/mol. The molecule has 2 heterocycles. The number of nitrogens with zero attached hydrogens (tertiary/aromatic N) is 3. The number of aromatic nitrogens is 4. The van der Waals surface area contributed by atoms with Gasteiger partial charge in [0.25, 0.3) is 0 Å². The molecule has 0 aromatic carbocycles. The molecule has 1 aliphatic carbocycles. The second-order valence-electron chi connectivity index (χ2n) is 4.73. The van der Waals surface area contributed by atoms with Gasteiger partial charge in [-0.25, -0.2) is 4.98 Å². The fourth-order valence-corrected chi connectivity index (χ4v) is 2.32. The van der Waals surface area contributed by atoms with Crippen LogP contribution in [0.25, 0.3) is 11.5 Å². The zero-order chi connectivity index (χ0) is 11.1. The topological polar surface area (TPSA) is 46.5 Å². The number of H-pyrrole nitrogens is 1. The molecule has 0 spiro atoms. The van der Waals surface area contributed by atoms with E-state index in [0.29, 0.717) is 0 Å². The summed E-state index contributed by atoms with van der Waals surface area (Å²) < 4.78 is 1.81. The first kappa shape index (κ1) is 9.63. The molecule has 0 amide bonds. The molecule has 2 aromatic heterocycles. The van der Waals surface area contributed by atoms with Crippen LogP contribution in [0.1, 0.15) is 24.7 Å². The highest BCUT2D eigenvalue weighted by Gasteiger charge is 2.20. The number of fused-ring (bicyclic) bond motifs is 1. The monoisotopic (exact) mass is 216 g/mol. The lowest BCUT2D eigenvalue weighted by molar-refractivity contribution is 0.492. The van der Waals surface area contributed by atoms with E-state index in [0.717, 1.165) is 30.3 Å². The molecular formula is C12H16N4. The van der Waals surface area contributed by atoms with Crippen molar-refractivity contribution in [1.82, 2.24) is 19.7 Å². The van der Waals surface area contributed by atoms with Crippen molar-refractivity contribution in [1.29, 1.82) is 0 Å². The van der Waals surface area contributed by atoms with Gasteiger partial charge in [0, 0.05) is 18.9 Å². The lowest BCUT2D eigenvalue weighted by atomic mass is 9.92. The molecule has 2 aromatic rings. The quantitative estimate of drug-likeness (QED) is 0.791. The molecule has 84 valence electrons. The smallest absolute Gasteiger partial charge is 0.158 e. The predicted molar refractivity (Wildman–Crippen MR) is 62.0 cm³/mol. The van der Waals surface area contributed by atoms with Crippen LogP contribution < -0.4 is 0 Å². The Balaban J connectivity index is 1.98. The molecule has 0 saturated carbocycles. The number of nitrogens with one attached hydrogen (secondary N) is 1. The standard InChI is InChI=1S/C12H16N4/c1-8-3-4-9-11(7-8)14-12(13-9)10-5-6-16(2)15-10/h5-6,8H,3-4,7H2,1-2H3,(H,13,14). The zero-order valence-corrected chi connectivity index (χ0v) is 9.70. The summed E-state index contributed by atoms with van der Waals surface area (Å²) in [6.45, 7) is 2.30. The van der Waals surface area contributed by atoms with Gasteiger partial charge in [0.1, 0.15) is 5.69 Å². The third-order valence-corrected chi connectivity index (χ3v) is 3.25. The van der Waals surface area contributed by atoms with Crippen LogP contribution in [0.15, 0.2) is 12.3 Å². The Bertz CT molecular complexity index is 509. The number of aryl methyl sites for hydroxylation is 2. The van der Waals surface area contributed by atoms with Crippen LogP contribution in [-0.4, -0.2) is 19.7 Å². The lowest BCUT2D eigenvalue weighted by Crippen LogP contribution is -2.10. The van der Waals surface area contributed by atoms with Gasteiger partial charge in [0.05, 0.1) is 5.69 Å². The van der Waals surface area contributed by atoms with Crippen LogP contribution in [0.3, 0.4) is 0 Å². The van der Waals surface area contributed by atoms with Crippen molar-refractivity contribution in [3.05, 3.63) is 23.7 Å². The maximum Gasteiger partial charge on any atom is 0.158 e. The van der Waals surface area contributed by atoms with Crippen molar-refractivity contribution in [3.63, 3.8) is 0 Å². The van der Waals surface area contributed by atoms with Gasteiger partial charge in [-0.2, -0.15) is 5.10 Å². The summed E-state index contributed by atoms with van der Waals surface area (Å²) in [6, 6.07) is 1.99. The van der Waals surface area contributed by atoms with E-state index in [1.54, 1.807) is 4.68 Å². The van der Waals surface area contributed by atoms with Crippen molar-refractivity contribution in [2.75, 3.05) is 0 Å². The maximum atomic E-state index is 4.64. The summed E-state index contributed by atoms with van der Waals surface area (Å²) in [7, 11) is 1.93. The Morgan fingerprint density at radius 2 is 2.38 bits per heavy atom. The normalized spacial score (nSPS) is 19.8. The molecule has 0 bridgehead atoms. The number of aromatic amines is 1. The Labute approximate surface area is 94.7 Å². The summed E-state index contributed by atoms with van der Waals surface area (Å²) in [6.07, 6.45) is 5.41. The predicted octanol–water partition coefficient (Wildman–Crippen LogP) is 1.93. The molecule has 0 aliphatic heterocycles. The van der Waals surface area contributed by atoms with Gasteiger partial charge in [-0.3, -0.25) is 4.68 Å². The second-order valence-corrected chi connectivity index (χ2v) is 4.73. The molecule has 16 heavy (non-hydrogen) atoms. The number of hydrogen-bond donors (Lipinski definition) is 1. The minimum Gasteiger partial charge on any atom is -0.340 e. The highest BCUT2D eigenvalue weighted by atomic mass is 15.3. The van der Waals surface area contributed by atoms with Crippen molar-refractivity contribution in [2.45, 2.75) is 26.2 Å². The van der Waals surface area contributed by atoms with Gasteiger partial charge in [-0.05, 0) is 31.2 Å². The van der Waals surface area contributed by atoms with Gasteiger partial charge in [0.2, 0.25) is 0 Å². The van der Waals surface area contributed by atoms with Gasteiger partial charge < -0.3 is 4.98 Å². The first-order valence-electron chi connectivity index (χ1n) is 5.80. The zero-order valence-electron chi connectivity index (χ0n) is 9.70. The minimum absolute atomic E-state index is 0.768. The van der Waals surface area contributed by atoms with E-state index >= 15 is 0 Å². The Kier molecular flexibility index (Phi) is 2.09. The largest absolute Gasteiger partial charge is 0.340 e. The molecule has 1 unspecified atom stereocenters.